The first-order chi connectivity index (χ1) is 7.85. The molecule has 0 heterocycles. The van der Waals surface area contributed by atoms with Crippen molar-refractivity contribution in [1.82, 2.24) is 0 Å². The summed E-state index contributed by atoms with van der Waals surface area (Å²) in [5.74, 6) is 1.64. The van der Waals surface area contributed by atoms with Crippen LogP contribution in [-0.2, 0) is 0 Å². The third-order valence-electron chi connectivity index (χ3n) is 2.41. The van der Waals surface area contributed by atoms with Crippen LogP contribution in [0.1, 0.15) is 0 Å². The fourth-order valence-electron chi connectivity index (χ4n) is 1.59. The van der Waals surface area contributed by atoms with Gasteiger partial charge in [0.2, 0.25) is 0 Å². The number of ether oxygens (including phenoxy) is 2. The van der Waals surface area contributed by atoms with Crippen molar-refractivity contribution in [3.05, 3.63) is 48.5 Å². The second-order valence-corrected chi connectivity index (χ2v) is 3.34. The Kier molecular flexibility index (Phi) is 3.10. The van der Waals surface area contributed by atoms with E-state index in [1.807, 2.05) is 42.5 Å². The molecule has 2 heteroatoms. The van der Waals surface area contributed by atoms with E-state index in [1.165, 1.54) is 0 Å². The molecule has 0 fully saturated rings. The molecule has 0 aromatic heterocycles. The van der Waals surface area contributed by atoms with Crippen LogP contribution in [0.4, 0.5) is 0 Å². The molecule has 16 heavy (non-hydrogen) atoms. The fraction of sp³-hybridized carbons (Fsp3) is 0.143. The van der Waals surface area contributed by atoms with Crippen molar-refractivity contribution < 1.29 is 9.47 Å². The lowest BCUT2D eigenvalue weighted by atomic mass is 10.0. The minimum Gasteiger partial charge on any atom is -0.497 e. The van der Waals surface area contributed by atoms with Crippen molar-refractivity contribution >= 4 is 0 Å². The first kappa shape index (κ1) is 10.6. The van der Waals surface area contributed by atoms with Gasteiger partial charge >= 0.3 is 0 Å². The highest BCUT2D eigenvalue weighted by molar-refractivity contribution is 5.71. The van der Waals surface area contributed by atoms with Gasteiger partial charge in [-0.15, -0.1) is 0 Å². The first-order valence-electron chi connectivity index (χ1n) is 5.04. The molecule has 2 aromatic carbocycles. The fourth-order valence-corrected chi connectivity index (χ4v) is 1.59. The van der Waals surface area contributed by atoms with Crippen molar-refractivity contribution in [3.8, 4) is 22.6 Å². The molecule has 0 aliphatic heterocycles. The maximum absolute atomic E-state index is 5.32. The van der Waals surface area contributed by atoms with E-state index in [0.717, 1.165) is 22.6 Å². The molecule has 0 spiro atoms. The van der Waals surface area contributed by atoms with Crippen molar-refractivity contribution in [3.63, 3.8) is 0 Å². The van der Waals surface area contributed by atoms with Gasteiger partial charge < -0.3 is 9.47 Å². The second kappa shape index (κ2) is 4.71. The maximum Gasteiger partial charge on any atom is 0.126 e. The van der Waals surface area contributed by atoms with Gasteiger partial charge in [-0.05, 0) is 29.8 Å². The summed E-state index contributed by atoms with van der Waals surface area (Å²) in [6, 6.07) is 16.7. The van der Waals surface area contributed by atoms with Gasteiger partial charge in [0, 0.05) is 5.56 Å². The standard InChI is InChI=1S/C14H13O2/c1-15-12-8-9-14(16-2)13(10-12)11-6-4-3-5-7-11/h3-6,8-10H,1-2H3. The summed E-state index contributed by atoms with van der Waals surface area (Å²) in [6.45, 7) is 0. The summed E-state index contributed by atoms with van der Waals surface area (Å²) in [7, 11) is 3.31. The van der Waals surface area contributed by atoms with Gasteiger partial charge in [0.15, 0.2) is 0 Å². The van der Waals surface area contributed by atoms with Gasteiger partial charge in [0.25, 0.3) is 0 Å². The van der Waals surface area contributed by atoms with E-state index in [1.54, 1.807) is 14.2 Å². The Hall–Kier alpha value is -1.96. The largest absolute Gasteiger partial charge is 0.497 e. The van der Waals surface area contributed by atoms with E-state index in [9.17, 15) is 0 Å². The second-order valence-electron chi connectivity index (χ2n) is 3.34. The Bertz CT molecular complexity index is 463. The van der Waals surface area contributed by atoms with E-state index in [2.05, 4.69) is 6.07 Å². The molecule has 1 radical (unpaired) electrons. The molecular formula is C14H13O2. The van der Waals surface area contributed by atoms with Gasteiger partial charge in [-0.25, -0.2) is 0 Å². The zero-order chi connectivity index (χ0) is 11.4. The predicted octanol–water partition coefficient (Wildman–Crippen LogP) is 3.17. The molecule has 81 valence electrons. The summed E-state index contributed by atoms with van der Waals surface area (Å²) < 4.78 is 10.5. The molecule has 0 amide bonds. The van der Waals surface area contributed by atoms with Crippen LogP contribution in [0.15, 0.2) is 42.5 Å². The number of hydrogen-bond donors (Lipinski definition) is 0. The van der Waals surface area contributed by atoms with Crippen LogP contribution in [0.25, 0.3) is 11.1 Å². The highest BCUT2D eigenvalue weighted by atomic mass is 16.5. The van der Waals surface area contributed by atoms with Gasteiger partial charge in [-0.1, -0.05) is 24.3 Å². The Morgan fingerprint density at radius 1 is 1.00 bits per heavy atom. The minimum atomic E-state index is 0.813. The molecule has 0 aliphatic rings. The van der Waals surface area contributed by atoms with Gasteiger partial charge in [-0.3, -0.25) is 0 Å². The van der Waals surface area contributed by atoms with Crippen LogP contribution in [0.3, 0.4) is 0 Å². The highest BCUT2D eigenvalue weighted by Crippen LogP contribution is 2.32. The molecule has 0 unspecified atom stereocenters. The Morgan fingerprint density at radius 2 is 1.88 bits per heavy atom. The molecule has 0 bridgehead atoms. The summed E-state index contributed by atoms with van der Waals surface area (Å²) in [5, 5.41) is 0. The van der Waals surface area contributed by atoms with E-state index >= 15 is 0 Å². The predicted molar refractivity (Wildman–Crippen MR) is 63.8 cm³/mol. The zero-order valence-electron chi connectivity index (χ0n) is 9.36. The highest BCUT2D eigenvalue weighted by Gasteiger charge is 2.06. The van der Waals surface area contributed by atoms with Crippen molar-refractivity contribution in [2.24, 2.45) is 0 Å². The third-order valence-corrected chi connectivity index (χ3v) is 2.41. The van der Waals surface area contributed by atoms with Crippen molar-refractivity contribution in [1.29, 1.82) is 0 Å². The van der Waals surface area contributed by atoms with Crippen LogP contribution in [-0.4, -0.2) is 14.2 Å². The van der Waals surface area contributed by atoms with Gasteiger partial charge in [-0.2, -0.15) is 0 Å². The normalized spacial score (nSPS) is 9.88. The maximum atomic E-state index is 5.32. The number of hydrogen-bond acceptors (Lipinski definition) is 2. The van der Waals surface area contributed by atoms with E-state index in [0.29, 0.717) is 0 Å². The summed E-state index contributed by atoms with van der Waals surface area (Å²) in [4.78, 5) is 0. The summed E-state index contributed by atoms with van der Waals surface area (Å²) in [5.41, 5.74) is 1.99. The van der Waals surface area contributed by atoms with Crippen molar-refractivity contribution in [2.45, 2.75) is 0 Å². The third kappa shape index (κ3) is 2.01. The monoisotopic (exact) mass is 213 g/mol. The molecule has 2 rings (SSSR count). The minimum absolute atomic E-state index is 0.813. The molecule has 0 atom stereocenters. The van der Waals surface area contributed by atoms with E-state index in [-0.39, 0.29) is 0 Å². The summed E-state index contributed by atoms with van der Waals surface area (Å²) in [6.07, 6.45) is 0. The number of benzene rings is 2. The SMILES string of the molecule is COc1ccc(OC)c(-c2[c]cccc2)c1. The lowest BCUT2D eigenvalue weighted by Crippen LogP contribution is -1.90. The van der Waals surface area contributed by atoms with Crippen LogP contribution < -0.4 is 9.47 Å². The lowest BCUT2D eigenvalue weighted by Gasteiger charge is -2.10. The van der Waals surface area contributed by atoms with Crippen LogP contribution >= 0.6 is 0 Å². The zero-order valence-corrected chi connectivity index (χ0v) is 9.36. The summed E-state index contributed by atoms with van der Waals surface area (Å²) >= 11 is 0. The van der Waals surface area contributed by atoms with Gasteiger partial charge in [0.1, 0.15) is 11.5 Å². The van der Waals surface area contributed by atoms with Crippen LogP contribution in [0.5, 0.6) is 11.5 Å². The van der Waals surface area contributed by atoms with Crippen LogP contribution in [0, 0.1) is 6.07 Å². The smallest absolute Gasteiger partial charge is 0.126 e. The van der Waals surface area contributed by atoms with E-state index < -0.39 is 0 Å². The Labute approximate surface area is 95.4 Å². The number of rotatable bonds is 3. The Morgan fingerprint density at radius 3 is 2.50 bits per heavy atom. The van der Waals surface area contributed by atoms with Gasteiger partial charge in [0.05, 0.1) is 14.2 Å². The average molecular weight is 213 g/mol. The lowest BCUT2D eigenvalue weighted by molar-refractivity contribution is 0.404. The number of methoxy groups -OCH3 is 2. The Balaban J connectivity index is 2.53. The van der Waals surface area contributed by atoms with E-state index in [4.69, 9.17) is 9.47 Å². The molecule has 0 aliphatic carbocycles. The first-order valence-corrected chi connectivity index (χ1v) is 5.04. The van der Waals surface area contributed by atoms with Crippen LogP contribution in [0.2, 0.25) is 0 Å². The average Bonchev–Trinajstić information content (AvgIpc) is 2.39. The molecule has 0 saturated heterocycles. The molecular weight excluding hydrogens is 200 g/mol. The molecule has 0 N–H and O–H groups in total. The van der Waals surface area contributed by atoms with Crippen molar-refractivity contribution in [2.75, 3.05) is 14.2 Å². The molecule has 2 aromatic rings. The quantitative estimate of drug-likeness (QED) is 0.779. The molecule has 2 nitrogen and oxygen atoms in total. The topological polar surface area (TPSA) is 18.5 Å². The molecule has 0 saturated carbocycles.